The van der Waals surface area contributed by atoms with Crippen LogP contribution in [0.2, 0.25) is 0 Å². The van der Waals surface area contributed by atoms with E-state index in [-0.39, 0.29) is 5.75 Å². The zero-order valence-electron chi connectivity index (χ0n) is 7.92. The number of halogens is 3. The standard InChI is InChI=1S/C10H11BrF2OS/c11-6-2-4-7-3-1-5-8(9(7)15)14-10(12)13/h1,3,5,10,15H,2,4,6H2. The molecule has 0 atom stereocenters. The molecule has 84 valence electrons. The first-order valence-corrected chi connectivity index (χ1v) is 6.03. The lowest BCUT2D eigenvalue weighted by atomic mass is 10.1. The van der Waals surface area contributed by atoms with Crippen molar-refractivity contribution in [3.63, 3.8) is 0 Å². The van der Waals surface area contributed by atoms with Gasteiger partial charge in [0, 0.05) is 10.2 Å². The molecule has 1 rings (SSSR count). The fourth-order valence-electron chi connectivity index (χ4n) is 1.22. The third-order valence-corrected chi connectivity index (χ3v) is 2.95. The smallest absolute Gasteiger partial charge is 0.387 e. The molecule has 0 saturated carbocycles. The topological polar surface area (TPSA) is 9.23 Å². The fraction of sp³-hybridized carbons (Fsp3) is 0.400. The largest absolute Gasteiger partial charge is 0.434 e. The van der Waals surface area contributed by atoms with Gasteiger partial charge in [-0.05, 0) is 24.5 Å². The summed E-state index contributed by atoms with van der Waals surface area (Å²) in [7, 11) is 0. The molecular formula is C10H11BrF2OS. The van der Waals surface area contributed by atoms with E-state index >= 15 is 0 Å². The first-order valence-electron chi connectivity index (χ1n) is 4.46. The van der Waals surface area contributed by atoms with Crippen molar-refractivity contribution in [1.82, 2.24) is 0 Å². The van der Waals surface area contributed by atoms with E-state index in [1.54, 1.807) is 6.07 Å². The van der Waals surface area contributed by atoms with Crippen LogP contribution in [0.15, 0.2) is 23.1 Å². The van der Waals surface area contributed by atoms with Gasteiger partial charge in [0.2, 0.25) is 0 Å². The second kappa shape index (κ2) is 6.33. The van der Waals surface area contributed by atoms with Crippen LogP contribution in [0.25, 0.3) is 0 Å². The Morgan fingerprint density at radius 3 is 2.73 bits per heavy atom. The summed E-state index contributed by atoms with van der Waals surface area (Å²) in [4.78, 5) is 0.499. The molecule has 0 saturated heterocycles. The van der Waals surface area contributed by atoms with Crippen LogP contribution in [0.5, 0.6) is 5.75 Å². The number of hydrogen-bond donors (Lipinski definition) is 1. The van der Waals surface area contributed by atoms with E-state index in [2.05, 4.69) is 33.3 Å². The molecule has 1 aromatic carbocycles. The molecule has 0 bridgehead atoms. The highest BCUT2D eigenvalue weighted by Crippen LogP contribution is 2.28. The fourth-order valence-corrected chi connectivity index (χ4v) is 1.81. The second-order valence-electron chi connectivity index (χ2n) is 2.93. The van der Waals surface area contributed by atoms with E-state index in [4.69, 9.17) is 0 Å². The quantitative estimate of drug-likeness (QED) is 0.640. The van der Waals surface area contributed by atoms with E-state index in [0.29, 0.717) is 4.90 Å². The normalized spacial score (nSPS) is 10.7. The van der Waals surface area contributed by atoms with Crippen LogP contribution in [0, 0.1) is 0 Å². The molecule has 0 aliphatic rings. The maximum atomic E-state index is 12.0. The van der Waals surface area contributed by atoms with Crippen molar-refractivity contribution < 1.29 is 13.5 Å². The molecule has 5 heteroatoms. The van der Waals surface area contributed by atoms with Gasteiger partial charge in [0.15, 0.2) is 0 Å². The third-order valence-electron chi connectivity index (χ3n) is 1.88. The molecule has 1 aromatic rings. The minimum Gasteiger partial charge on any atom is -0.434 e. The zero-order valence-corrected chi connectivity index (χ0v) is 10.4. The molecule has 0 amide bonds. The molecular weight excluding hydrogens is 286 g/mol. The molecule has 0 radical (unpaired) electrons. The van der Waals surface area contributed by atoms with Crippen molar-refractivity contribution in [1.29, 1.82) is 0 Å². The molecule has 1 nitrogen and oxygen atoms in total. The van der Waals surface area contributed by atoms with Gasteiger partial charge in [0.1, 0.15) is 5.75 Å². The molecule has 15 heavy (non-hydrogen) atoms. The van der Waals surface area contributed by atoms with Crippen molar-refractivity contribution >= 4 is 28.6 Å². The van der Waals surface area contributed by atoms with Crippen LogP contribution >= 0.6 is 28.6 Å². The molecule has 0 spiro atoms. The Kier molecular flexibility index (Phi) is 5.39. The van der Waals surface area contributed by atoms with Crippen molar-refractivity contribution in [3.05, 3.63) is 23.8 Å². The highest BCUT2D eigenvalue weighted by Gasteiger charge is 2.10. The monoisotopic (exact) mass is 296 g/mol. The summed E-state index contributed by atoms with van der Waals surface area (Å²) < 4.78 is 28.4. The molecule has 0 unspecified atom stereocenters. The number of hydrogen-bond acceptors (Lipinski definition) is 2. The molecule has 0 aliphatic carbocycles. The van der Waals surface area contributed by atoms with Gasteiger partial charge in [-0.3, -0.25) is 0 Å². The first kappa shape index (κ1) is 12.8. The van der Waals surface area contributed by atoms with Gasteiger partial charge in [-0.2, -0.15) is 8.78 Å². The second-order valence-corrected chi connectivity index (χ2v) is 4.18. The number of aryl methyl sites for hydroxylation is 1. The predicted molar refractivity (Wildman–Crippen MR) is 62.4 cm³/mol. The zero-order chi connectivity index (χ0) is 11.3. The van der Waals surface area contributed by atoms with Gasteiger partial charge in [0.25, 0.3) is 0 Å². The van der Waals surface area contributed by atoms with E-state index in [9.17, 15) is 8.78 Å². The van der Waals surface area contributed by atoms with Crippen LogP contribution in [-0.2, 0) is 6.42 Å². The minimum absolute atomic E-state index is 0.139. The number of ether oxygens (including phenoxy) is 1. The third kappa shape index (κ3) is 3.99. The summed E-state index contributed by atoms with van der Waals surface area (Å²) in [6.45, 7) is -2.80. The average Bonchev–Trinajstić information content (AvgIpc) is 2.19. The van der Waals surface area contributed by atoms with Gasteiger partial charge in [-0.15, -0.1) is 12.6 Å². The Morgan fingerprint density at radius 2 is 2.13 bits per heavy atom. The Hall–Kier alpha value is -0.290. The molecule has 0 heterocycles. The van der Waals surface area contributed by atoms with E-state index in [0.717, 1.165) is 23.7 Å². The molecule has 0 fully saturated rings. The SMILES string of the molecule is FC(F)Oc1cccc(CCCBr)c1S. The van der Waals surface area contributed by atoms with Crippen molar-refractivity contribution in [2.75, 3.05) is 5.33 Å². The summed E-state index contributed by atoms with van der Waals surface area (Å²) in [5, 5.41) is 0.875. The molecule has 0 aliphatic heterocycles. The molecule has 0 N–H and O–H groups in total. The van der Waals surface area contributed by atoms with Crippen LogP contribution in [0.1, 0.15) is 12.0 Å². The van der Waals surface area contributed by atoms with Gasteiger partial charge < -0.3 is 4.74 Å². The summed E-state index contributed by atoms with van der Waals surface area (Å²) >= 11 is 7.50. The Labute approximate surface area is 101 Å². The number of benzene rings is 1. The summed E-state index contributed by atoms with van der Waals surface area (Å²) in [5.41, 5.74) is 0.927. The van der Waals surface area contributed by atoms with Crippen molar-refractivity contribution in [2.24, 2.45) is 0 Å². The Morgan fingerprint density at radius 1 is 1.40 bits per heavy atom. The lowest BCUT2D eigenvalue weighted by molar-refractivity contribution is -0.0517. The van der Waals surface area contributed by atoms with Crippen LogP contribution < -0.4 is 4.74 Å². The number of alkyl halides is 3. The van der Waals surface area contributed by atoms with Gasteiger partial charge >= 0.3 is 6.61 Å². The summed E-state index contributed by atoms with van der Waals surface area (Å²) in [5.74, 6) is 0.139. The van der Waals surface area contributed by atoms with E-state index in [1.807, 2.05) is 6.07 Å². The maximum absolute atomic E-state index is 12.0. The van der Waals surface area contributed by atoms with Gasteiger partial charge in [-0.25, -0.2) is 0 Å². The van der Waals surface area contributed by atoms with Gasteiger partial charge in [0.05, 0.1) is 0 Å². The van der Waals surface area contributed by atoms with Gasteiger partial charge in [-0.1, -0.05) is 28.1 Å². The predicted octanol–water partition coefficient (Wildman–Crippen LogP) is 3.90. The van der Waals surface area contributed by atoms with Crippen LogP contribution in [0.4, 0.5) is 8.78 Å². The Balaban J connectivity index is 2.80. The van der Waals surface area contributed by atoms with E-state index in [1.165, 1.54) is 6.07 Å². The summed E-state index contributed by atoms with van der Waals surface area (Å²) in [6.07, 6.45) is 1.73. The number of thiol groups is 1. The highest BCUT2D eigenvalue weighted by atomic mass is 79.9. The minimum atomic E-state index is -2.80. The lowest BCUT2D eigenvalue weighted by Gasteiger charge is -2.10. The van der Waals surface area contributed by atoms with Crippen molar-refractivity contribution in [2.45, 2.75) is 24.3 Å². The first-order chi connectivity index (χ1) is 7.15. The lowest BCUT2D eigenvalue weighted by Crippen LogP contribution is -2.03. The van der Waals surface area contributed by atoms with Crippen LogP contribution in [-0.4, -0.2) is 11.9 Å². The highest BCUT2D eigenvalue weighted by molar-refractivity contribution is 9.09. The number of rotatable bonds is 5. The van der Waals surface area contributed by atoms with Crippen molar-refractivity contribution in [3.8, 4) is 5.75 Å². The molecule has 0 aromatic heterocycles. The Bertz CT molecular complexity index is 320. The van der Waals surface area contributed by atoms with Crippen LogP contribution in [0.3, 0.4) is 0 Å². The summed E-state index contributed by atoms with van der Waals surface area (Å²) in [6, 6.07) is 5.05. The average molecular weight is 297 g/mol. The maximum Gasteiger partial charge on any atom is 0.387 e. The van der Waals surface area contributed by atoms with E-state index < -0.39 is 6.61 Å².